The van der Waals surface area contributed by atoms with Gasteiger partial charge in [0.2, 0.25) is 11.8 Å². The lowest BCUT2D eigenvalue weighted by atomic mass is 11.8. The lowest BCUT2D eigenvalue weighted by Crippen LogP contribution is -1.50. The van der Waals surface area contributed by atoms with Crippen LogP contribution in [0.2, 0.25) is 0 Å². The molecule has 4 heteroatoms. The molecule has 0 aromatic heterocycles. The zero-order chi connectivity index (χ0) is 4.28. The Morgan fingerprint density at radius 1 is 2.00 bits per heavy atom. The monoisotopic (exact) mass is 113 g/mol. The SMILES string of the molecule is CO[P+](F)=S. The van der Waals surface area contributed by atoms with Gasteiger partial charge in [0.25, 0.3) is 0 Å². The minimum absolute atomic E-state index is 1.25. The molecule has 30 valence electrons. The highest BCUT2D eigenvalue weighted by molar-refractivity contribution is 8.00. The van der Waals surface area contributed by atoms with Crippen molar-refractivity contribution >= 4 is 19.0 Å². The molecular weight excluding hydrogens is 110 g/mol. The van der Waals surface area contributed by atoms with Crippen molar-refractivity contribution in [1.82, 2.24) is 0 Å². The molecule has 0 saturated heterocycles. The Balaban J connectivity index is 2.85. The molecule has 0 aromatic carbocycles. The second-order valence-corrected chi connectivity index (χ2v) is 2.05. The van der Waals surface area contributed by atoms with Gasteiger partial charge in [-0.05, 0) is 0 Å². The Hall–Kier alpha value is 0.410. The molecule has 1 atom stereocenters. The van der Waals surface area contributed by atoms with Gasteiger partial charge in [-0.1, -0.05) is 0 Å². The summed E-state index contributed by atoms with van der Waals surface area (Å²) in [5, 5.41) is 0. The molecular formula is CH3FOPS+. The van der Waals surface area contributed by atoms with Gasteiger partial charge < -0.3 is 0 Å². The van der Waals surface area contributed by atoms with Crippen LogP contribution in [0.5, 0.6) is 0 Å². The number of hydrogen-bond acceptors (Lipinski definition) is 2. The molecule has 0 rings (SSSR count). The molecule has 0 aliphatic carbocycles. The van der Waals surface area contributed by atoms with Crippen LogP contribution in [0.1, 0.15) is 0 Å². The fourth-order valence-electron chi connectivity index (χ4n) is 0. The van der Waals surface area contributed by atoms with E-state index >= 15 is 0 Å². The average molecular weight is 113 g/mol. The maximum Gasteiger partial charge on any atom is 0.572 e. The number of hydrogen-bond donors (Lipinski definition) is 0. The quantitative estimate of drug-likeness (QED) is 0.475. The highest BCUT2D eigenvalue weighted by atomic mass is 32.4. The van der Waals surface area contributed by atoms with Crippen molar-refractivity contribution in [3.8, 4) is 0 Å². The summed E-state index contributed by atoms with van der Waals surface area (Å²) >= 11 is 3.96. The maximum absolute atomic E-state index is 11.1. The van der Waals surface area contributed by atoms with Crippen LogP contribution in [0.3, 0.4) is 0 Å². The Bertz CT molecular complexity index is 46.9. The van der Waals surface area contributed by atoms with Crippen molar-refractivity contribution in [2.45, 2.75) is 0 Å². The van der Waals surface area contributed by atoms with E-state index in [1.807, 2.05) is 0 Å². The zero-order valence-electron chi connectivity index (χ0n) is 2.64. The summed E-state index contributed by atoms with van der Waals surface area (Å²) in [5.74, 6) is 0. The molecule has 1 nitrogen and oxygen atoms in total. The fraction of sp³-hybridized carbons (Fsp3) is 1.00. The van der Waals surface area contributed by atoms with Crippen LogP contribution in [0.15, 0.2) is 0 Å². The molecule has 0 bridgehead atoms. The van der Waals surface area contributed by atoms with Gasteiger partial charge in [0.1, 0.15) is 0 Å². The van der Waals surface area contributed by atoms with Gasteiger partial charge in [0, 0.05) is 0 Å². The first-order chi connectivity index (χ1) is 2.27. The normalized spacial score (nSPS) is 11.2. The number of rotatable bonds is 1. The lowest BCUT2D eigenvalue weighted by molar-refractivity contribution is 0.447. The Morgan fingerprint density at radius 3 is 2.20 bits per heavy atom. The first-order valence-corrected chi connectivity index (χ1v) is 3.11. The predicted octanol–water partition coefficient (Wildman–Crippen LogP) is 1.38. The standard InChI is InChI=1S/CH3FOPS/c1-3-4(2)5/h1H3/q+1. The van der Waals surface area contributed by atoms with Crippen molar-refractivity contribution < 1.29 is 8.72 Å². The van der Waals surface area contributed by atoms with E-state index in [4.69, 9.17) is 0 Å². The summed E-state index contributed by atoms with van der Waals surface area (Å²) in [6.45, 7) is 0. The number of halogens is 1. The van der Waals surface area contributed by atoms with Crippen LogP contribution in [0.4, 0.5) is 4.20 Å². The molecule has 5 heavy (non-hydrogen) atoms. The molecule has 0 aliphatic rings. The molecule has 0 aliphatic heterocycles. The molecule has 0 aromatic rings. The van der Waals surface area contributed by atoms with Gasteiger partial charge in [-0.25, -0.2) is 0 Å². The van der Waals surface area contributed by atoms with Crippen molar-refractivity contribution in [2.24, 2.45) is 0 Å². The molecule has 0 fully saturated rings. The third kappa shape index (κ3) is 4.41. The summed E-state index contributed by atoms with van der Waals surface area (Å²) in [4.78, 5) is 0. The van der Waals surface area contributed by atoms with Crippen molar-refractivity contribution in [3.63, 3.8) is 0 Å². The van der Waals surface area contributed by atoms with E-state index in [2.05, 4.69) is 16.3 Å². The third-order valence-corrected chi connectivity index (χ3v) is 0.878. The second kappa shape index (κ2) is 2.64. The van der Waals surface area contributed by atoms with E-state index in [0.29, 0.717) is 0 Å². The summed E-state index contributed by atoms with van der Waals surface area (Å²) < 4.78 is 15.1. The summed E-state index contributed by atoms with van der Waals surface area (Å²) in [6, 6.07) is 0. The lowest BCUT2D eigenvalue weighted by Gasteiger charge is -1.56. The van der Waals surface area contributed by atoms with Crippen LogP contribution < -0.4 is 0 Å². The molecule has 0 saturated carbocycles. The Kier molecular flexibility index (Phi) is 2.85. The molecule has 1 unspecified atom stereocenters. The van der Waals surface area contributed by atoms with Gasteiger partial charge in [0.15, 0.2) is 0 Å². The van der Waals surface area contributed by atoms with Gasteiger partial charge in [0.05, 0.1) is 11.3 Å². The van der Waals surface area contributed by atoms with Crippen LogP contribution in [0.25, 0.3) is 0 Å². The highest BCUT2D eigenvalue weighted by Crippen LogP contribution is 2.20. The molecule has 0 N–H and O–H groups in total. The van der Waals surface area contributed by atoms with E-state index in [0.717, 1.165) is 0 Å². The van der Waals surface area contributed by atoms with E-state index in [1.165, 1.54) is 7.11 Å². The topological polar surface area (TPSA) is 9.23 Å². The van der Waals surface area contributed by atoms with Gasteiger partial charge in [-0.15, -0.1) is 4.52 Å². The second-order valence-electron chi connectivity index (χ2n) is 0.395. The third-order valence-electron chi connectivity index (χ3n) is 0.144. The van der Waals surface area contributed by atoms with Crippen molar-refractivity contribution in [1.29, 1.82) is 0 Å². The first kappa shape index (κ1) is 5.41. The van der Waals surface area contributed by atoms with Gasteiger partial charge in [-0.3, -0.25) is 0 Å². The minimum Gasteiger partial charge on any atom is -0.142 e. The maximum atomic E-state index is 11.1. The van der Waals surface area contributed by atoms with Crippen LogP contribution in [-0.4, -0.2) is 7.11 Å². The van der Waals surface area contributed by atoms with Crippen LogP contribution >= 0.6 is 7.23 Å². The van der Waals surface area contributed by atoms with Gasteiger partial charge in [-0.2, -0.15) is 0 Å². The molecule has 0 heterocycles. The van der Waals surface area contributed by atoms with E-state index in [-0.39, 0.29) is 0 Å². The van der Waals surface area contributed by atoms with E-state index in [1.54, 1.807) is 0 Å². The molecule has 0 spiro atoms. The molecule has 0 radical (unpaired) electrons. The smallest absolute Gasteiger partial charge is 0.142 e. The van der Waals surface area contributed by atoms with Crippen molar-refractivity contribution in [2.75, 3.05) is 7.11 Å². The van der Waals surface area contributed by atoms with Crippen LogP contribution in [0, 0.1) is 0 Å². The van der Waals surface area contributed by atoms with Crippen LogP contribution in [-0.2, 0) is 16.3 Å². The average Bonchev–Trinajstić information content (AvgIpc) is 1.38. The fourth-order valence-corrected chi connectivity index (χ4v) is 0. The molecule has 0 amide bonds. The summed E-state index contributed by atoms with van der Waals surface area (Å²) in [6.07, 6.45) is 0. The van der Waals surface area contributed by atoms with Crippen molar-refractivity contribution in [3.05, 3.63) is 0 Å². The predicted molar refractivity (Wildman–Crippen MR) is 22.4 cm³/mol. The van der Waals surface area contributed by atoms with E-state index in [9.17, 15) is 4.20 Å². The Labute approximate surface area is 35.8 Å². The highest BCUT2D eigenvalue weighted by Gasteiger charge is 2.00. The Morgan fingerprint density at radius 2 is 2.20 bits per heavy atom. The largest absolute Gasteiger partial charge is 0.572 e. The van der Waals surface area contributed by atoms with Gasteiger partial charge >= 0.3 is 7.23 Å². The summed E-state index contributed by atoms with van der Waals surface area (Å²) in [5.41, 5.74) is 0. The van der Waals surface area contributed by atoms with E-state index < -0.39 is 7.23 Å². The summed E-state index contributed by atoms with van der Waals surface area (Å²) in [7, 11) is -0.766. The first-order valence-electron chi connectivity index (χ1n) is 0.942. The minimum atomic E-state index is -2.01. The zero-order valence-corrected chi connectivity index (χ0v) is 4.35.